The Morgan fingerprint density at radius 1 is 0.903 bits per heavy atom. The molecular weight excluding hydrogens is 388 g/mol. The second-order valence-electron chi connectivity index (χ2n) is 8.63. The maximum Gasteiger partial charge on any atom is 0.254 e. The molecule has 1 aromatic rings. The molecule has 1 atom stereocenters. The highest BCUT2D eigenvalue weighted by atomic mass is 16.6. The number of carbonyl (C=O) groups excluding carboxylic acids is 1. The lowest BCUT2D eigenvalue weighted by Crippen LogP contribution is -2.40. The van der Waals surface area contributed by atoms with E-state index in [4.69, 9.17) is 9.47 Å². The lowest BCUT2D eigenvalue weighted by molar-refractivity contribution is 0.0741. The van der Waals surface area contributed by atoms with Gasteiger partial charge in [-0.1, -0.05) is 30.9 Å². The predicted molar refractivity (Wildman–Crippen MR) is 120 cm³/mol. The molecule has 31 heavy (non-hydrogen) atoms. The van der Waals surface area contributed by atoms with Gasteiger partial charge in [-0.2, -0.15) is 0 Å². The van der Waals surface area contributed by atoms with Crippen LogP contribution in [-0.4, -0.2) is 54.6 Å². The molecule has 0 saturated carbocycles. The minimum atomic E-state index is 0.111. The summed E-state index contributed by atoms with van der Waals surface area (Å²) in [6.07, 6.45) is 12.7. The van der Waals surface area contributed by atoms with E-state index in [1.54, 1.807) is 0 Å². The molecule has 4 aliphatic rings. The molecule has 1 aromatic carbocycles. The molecular formula is C26H30N2O3. The summed E-state index contributed by atoms with van der Waals surface area (Å²) in [5.41, 5.74) is 3.01. The van der Waals surface area contributed by atoms with Crippen LogP contribution in [-0.2, 0) is 9.47 Å². The third-order valence-electron chi connectivity index (χ3n) is 6.70. The van der Waals surface area contributed by atoms with Crippen molar-refractivity contribution in [1.29, 1.82) is 0 Å². The van der Waals surface area contributed by atoms with Gasteiger partial charge < -0.3 is 19.3 Å². The number of benzene rings is 1. The Hall–Kier alpha value is -2.95. The Bertz CT molecular complexity index is 912. The SMILES string of the molecule is C=C([C@@H]1CCCN1C(=O)c1ccc(C2C=CC3=C(C=C2)OCCO3)cc1)N1CCCC1. The molecule has 0 aromatic heterocycles. The number of hydrogen-bond acceptors (Lipinski definition) is 4. The van der Waals surface area contributed by atoms with E-state index in [2.05, 4.69) is 35.8 Å². The van der Waals surface area contributed by atoms with Crippen molar-refractivity contribution in [3.63, 3.8) is 0 Å². The average molecular weight is 419 g/mol. The molecule has 3 aliphatic heterocycles. The molecule has 2 fully saturated rings. The van der Waals surface area contributed by atoms with Crippen LogP contribution in [0.5, 0.6) is 0 Å². The summed E-state index contributed by atoms with van der Waals surface area (Å²) in [6, 6.07) is 8.16. The van der Waals surface area contributed by atoms with E-state index < -0.39 is 0 Å². The Morgan fingerprint density at radius 3 is 2.19 bits per heavy atom. The van der Waals surface area contributed by atoms with Crippen LogP contribution in [0.2, 0.25) is 0 Å². The number of hydrogen-bond donors (Lipinski definition) is 0. The average Bonchev–Trinajstić information content (AvgIpc) is 3.48. The molecule has 162 valence electrons. The Morgan fingerprint density at radius 2 is 1.55 bits per heavy atom. The van der Waals surface area contributed by atoms with Gasteiger partial charge in [0.25, 0.3) is 5.91 Å². The standard InChI is InChI=1S/C26H30N2O3/c1-19(27-14-2-3-15-27)23-5-4-16-28(23)26(29)22-8-6-20(7-9-22)21-10-12-24-25(13-11-21)31-18-17-30-24/h6-13,21,23H,1-5,14-18H2/t23-/m0/s1. The van der Waals surface area contributed by atoms with Crippen molar-refractivity contribution < 1.29 is 14.3 Å². The zero-order chi connectivity index (χ0) is 21.2. The van der Waals surface area contributed by atoms with Gasteiger partial charge in [0.1, 0.15) is 13.2 Å². The van der Waals surface area contributed by atoms with Gasteiger partial charge in [0.15, 0.2) is 11.5 Å². The smallest absolute Gasteiger partial charge is 0.254 e. The second kappa shape index (κ2) is 8.66. The van der Waals surface area contributed by atoms with Crippen molar-refractivity contribution in [3.05, 3.63) is 83.5 Å². The Labute approximate surface area is 184 Å². The normalized spacial score (nSPS) is 23.4. The molecule has 0 N–H and O–H groups in total. The molecule has 2 saturated heterocycles. The van der Waals surface area contributed by atoms with Crippen molar-refractivity contribution in [1.82, 2.24) is 9.80 Å². The first-order valence-electron chi connectivity index (χ1n) is 11.4. The molecule has 0 radical (unpaired) electrons. The van der Waals surface area contributed by atoms with Gasteiger partial charge in [0, 0.05) is 36.8 Å². The van der Waals surface area contributed by atoms with E-state index in [0.29, 0.717) is 13.2 Å². The van der Waals surface area contributed by atoms with Crippen LogP contribution in [0.3, 0.4) is 0 Å². The number of allylic oxidation sites excluding steroid dienone is 4. The summed E-state index contributed by atoms with van der Waals surface area (Å²) in [5, 5.41) is 0. The Balaban J connectivity index is 1.28. The maximum absolute atomic E-state index is 13.3. The van der Waals surface area contributed by atoms with E-state index in [1.807, 2.05) is 29.2 Å². The van der Waals surface area contributed by atoms with Crippen LogP contribution in [0.1, 0.15) is 47.5 Å². The molecule has 3 heterocycles. The minimum absolute atomic E-state index is 0.111. The number of rotatable bonds is 4. The van der Waals surface area contributed by atoms with Gasteiger partial charge in [-0.15, -0.1) is 0 Å². The maximum atomic E-state index is 13.3. The molecule has 0 unspecified atom stereocenters. The van der Waals surface area contributed by atoms with E-state index in [1.165, 1.54) is 12.8 Å². The van der Waals surface area contributed by atoms with Crippen LogP contribution >= 0.6 is 0 Å². The highest BCUT2D eigenvalue weighted by Crippen LogP contribution is 2.30. The zero-order valence-electron chi connectivity index (χ0n) is 18.0. The van der Waals surface area contributed by atoms with Gasteiger partial charge in [-0.3, -0.25) is 4.79 Å². The van der Waals surface area contributed by atoms with Crippen LogP contribution in [0, 0.1) is 0 Å². The number of carbonyl (C=O) groups is 1. The molecule has 5 nitrogen and oxygen atoms in total. The fourth-order valence-corrected chi connectivity index (χ4v) is 4.96. The van der Waals surface area contributed by atoms with Crippen LogP contribution in [0.4, 0.5) is 0 Å². The molecule has 5 rings (SSSR count). The molecule has 0 spiro atoms. The molecule has 0 bridgehead atoms. The summed E-state index contributed by atoms with van der Waals surface area (Å²) < 4.78 is 11.4. The van der Waals surface area contributed by atoms with Gasteiger partial charge in [-0.25, -0.2) is 0 Å². The highest BCUT2D eigenvalue weighted by molar-refractivity contribution is 5.94. The van der Waals surface area contributed by atoms with Gasteiger partial charge in [0.05, 0.1) is 6.04 Å². The van der Waals surface area contributed by atoms with Crippen molar-refractivity contribution in [2.24, 2.45) is 0 Å². The predicted octanol–water partition coefficient (Wildman–Crippen LogP) is 4.37. The molecule has 1 aliphatic carbocycles. The third-order valence-corrected chi connectivity index (χ3v) is 6.70. The number of amides is 1. The summed E-state index contributed by atoms with van der Waals surface area (Å²) in [6.45, 7) is 8.47. The van der Waals surface area contributed by atoms with Crippen LogP contribution in [0.15, 0.2) is 72.4 Å². The van der Waals surface area contributed by atoms with Crippen molar-refractivity contribution >= 4 is 5.91 Å². The van der Waals surface area contributed by atoms with Crippen LogP contribution < -0.4 is 0 Å². The topological polar surface area (TPSA) is 42.0 Å². The van der Waals surface area contributed by atoms with Crippen molar-refractivity contribution in [2.75, 3.05) is 32.8 Å². The summed E-state index contributed by atoms with van der Waals surface area (Å²) in [4.78, 5) is 17.7. The summed E-state index contributed by atoms with van der Waals surface area (Å²) >= 11 is 0. The number of nitrogens with zero attached hydrogens (tertiary/aromatic N) is 2. The zero-order valence-corrected chi connectivity index (χ0v) is 18.0. The van der Waals surface area contributed by atoms with Gasteiger partial charge in [0.2, 0.25) is 0 Å². The lowest BCUT2D eigenvalue weighted by Gasteiger charge is -2.32. The third kappa shape index (κ3) is 4.01. The molecule has 5 heteroatoms. The second-order valence-corrected chi connectivity index (χ2v) is 8.63. The fraction of sp³-hybridized carbons (Fsp3) is 0.423. The van der Waals surface area contributed by atoms with E-state index in [9.17, 15) is 4.79 Å². The largest absolute Gasteiger partial charge is 0.486 e. The fourth-order valence-electron chi connectivity index (χ4n) is 4.96. The van der Waals surface area contributed by atoms with E-state index >= 15 is 0 Å². The van der Waals surface area contributed by atoms with Crippen molar-refractivity contribution in [2.45, 2.75) is 37.6 Å². The van der Waals surface area contributed by atoms with E-state index in [0.717, 1.165) is 60.8 Å². The minimum Gasteiger partial charge on any atom is -0.486 e. The first-order chi connectivity index (χ1) is 15.2. The quantitative estimate of drug-likeness (QED) is 0.728. The van der Waals surface area contributed by atoms with Crippen LogP contribution in [0.25, 0.3) is 0 Å². The monoisotopic (exact) mass is 418 g/mol. The van der Waals surface area contributed by atoms with Crippen molar-refractivity contribution in [3.8, 4) is 0 Å². The first-order valence-corrected chi connectivity index (χ1v) is 11.4. The summed E-state index contributed by atoms with van der Waals surface area (Å²) in [7, 11) is 0. The number of ether oxygens (including phenoxy) is 2. The number of likely N-dealkylation sites (tertiary alicyclic amines) is 2. The molecule has 1 amide bonds. The Kier molecular flexibility index (Phi) is 5.58. The van der Waals surface area contributed by atoms with Gasteiger partial charge >= 0.3 is 0 Å². The first kappa shape index (κ1) is 20.0. The van der Waals surface area contributed by atoms with Gasteiger partial charge in [-0.05, 0) is 55.5 Å². The summed E-state index contributed by atoms with van der Waals surface area (Å²) in [5.74, 6) is 1.81. The highest BCUT2D eigenvalue weighted by Gasteiger charge is 2.33. The van der Waals surface area contributed by atoms with E-state index in [-0.39, 0.29) is 17.9 Å². The lowest BCUT2D eigenvalue weighted by atomic mass is 9.97.